The predicted molar refractivity (Wildman–Crippen MR) is 121 cm³/mol. The fourth-order valence-electron chi connectivity index (χ4n) is 3.45. The molecule has 3 rings (SSSR count). The van der Waals surface area contributed by atoms with E-state index in [4.69, 9.17) is 18.9 Å². The number of hydrogen-bond donors (Lipinski definition) is 0. The summed E-state index contributed by atoms with van der Waals surface area (Å²) < 4.78 is 22.4. The largest absolute Gasteiger partial charge is 0.476 e. The van der Waals surface area contributed by atoms with Crippen molar-refractivity contribution < 1.29 is 33.3 Å². The number of hydrogen-bond acceptors (Lipinski definition) is 10. The minimum absolute atomic E-state index is 0.312. The summed E-state index contributed by atoms with van der Waals surface area (Å²) >= 11 is 2.92. The lowest BCUT2D eigenvalue weighted by Gasteiger charge is -2.39. The van der Waals surface area contributed by atoms with Crippen LogP contribution in [0.2, 0.25) is 0 Å². The van der Waals surface area contributed by atoms with Gasteiger partial charge in [-0.2, -0.15) is 0 Å². The molecule has 1 aliphatic heterocycles. The van der Waals surface area contributed by atoms with Gasteiger partial charge in [-0.15, -0.1) is 23.1 Å². The minimum Gasteiger partial charge on any atom is -0.476 e. The number of nitrogens with zero attached hydrogens (tertiary/aromatic N) is 1. The number of ether oxygens (including phenoxy) is 4. The van der Waals surface area contributed by atoms with E-state index in [-0.39, 0.29) is 0 Å². The molecule has 0 saturated carbocycles. The van der Waals surface area contributed by atoms with Crippen LogP contribution < -0.4 is 4.74 Å². The molecule has 0 N–H and O–H groups in total. The van der Waals surface area contributed by atoms with Crippen molar-refractivity contribution in [3.8, 4) is 16.2 Å². The zero-order chi connectivity index (χ0) is 23.4. The summed E-state index contributed by atoms with van der Waals surface area (Å²) in [5.74, 6) is -0.777. The Balaban J connectivity index is 1.88. The minimum atomic E-state index is -0.985. The van der Waals surface area contributed by atoms with Crippen LogP contribution in [0.3, 0.4) is 0 Å². The third kappa shape index (κ3) is 6.01. The van der Waals surface area contributed by atoms with Gasteiger partial charge in [0.05, 0.1) is 15.6 Å². The van der Waals surface area contributed by atoms with Crippen LogP contribution >= 0.6 is 23.1 Å². The number of carbonyl (C=O) groups is 3. The van der Waals surface area contributed by atoms with Crippen molar-refractivity contribution in [2.75, 3.05) is 5.75 Å². The number of esters is 3. The lowest BCUT2D eigenvalue weighted by molar-refractivity contribution is -0.186. The van der Waals surface area contributed by atoms with Crippen LogP contribution in [-0.2, 0) is 28.6 Å². The summed E-state index contributed by atoms with van der Waals surface area (Å²) in [4.78, 5) is 40.6. The van der Waals surface area contributed by atoms with Crippen LogP contribution in [0.4, 0.5) is 0 Å². The molecule has 1 fully saturated rings. The molecule has 2 aromatic rings. The summed E-state index contributed by atoms with van der Waals surface area (Å²) in [6.07, 6.45) is -2.71. The Kier molecular flexibility index (Phi) is 7.78. The normalized spacial score (nSPS) is 22.7. The molecule has 0 radical (unpaired) electrons. The number of rotatable bonds is 6. The molecule has 0 spiro atoms. The Morgan fingerprint density at radius 3 is 2.22 bits per heavy atom. The number of thiazole rings is 1. The lowest BCUT2D eigenvalue weighted by atomic mass is 10.1. The fraction of sp³-hybridized carbons (Fsp3) is 0.455. The zero-order valence-electron chi connectivity index (χ0n) is 18.4. The van der Waals surface area contributed by atoms with E-state index in [9.17, 15) is 14.4 Å². The first-order chi connectivity index (χ1) is 15.1. The lowest BCUT2D eigenvalue weighted by Crippen LogP contribution is -2.55. The van der Waals surface area contributed by atoms with Crippen molar-refractivity contribution in [1.29, 1.82) is 0 Å². The molecule has 10 heteroatoms. The second kappa shape index (κ2) is 10.4. The molecule has 0 aliphatic carbocycles. The highest BCUT2D eigenvalue weighted by molar-refractivity contribution is 7.99. The molecule has 8 nitrogen and oxygen atoms in total. The van der Waals surface area contributed by atoms with Crippen molar-refractivity contribution in [2.24, 2.45) is 0 Å². The Bertz CT molecular complexity index is 1010. The maximum atomic E-state index is 11.8. The van der Waals surface area contributed by atoms with Gasteiger partial charge in [-0.25, -0.2) is 4.98 Å². The summed E-state index contributed by atoms with van der Waals surface area (Å²) in [7, 11) is 0. The molecule has 1 aliphatic rings. The molecule has 32 heavy (non-hydrogen) atoms. The van der Waals surface area contributed by atoms with Crippen LogP contribution in [0.25, 0.3) is 10.4 Å². The van der Waals surface area contributed by atoms with Crippen LogP contribution in [0.5, 0.6) is 5.75 Å². The van der Waals surface area contributed by atoms with Gasteiger partial charge in [-0.1, -0.05) is 12.1 Å². The predicted octanol–water partition coefficient (Wildman–Crippen LogP) is 3.67. The van der Waals surface area contributed by atoms with Crippen molar-refractivity contribution >= 4 is 41.0 Å². The van der Waals surface area contributed by atoms with Crippen LogP contribution in [0.15, 0.2) is 24.3 Å². The van der Waals surface area contributed by atoms with E-state index < -0.39 is 41.7 Å². The van der Waals surface area contributed by atoms with Crippen molar-refractivity contribution in [1.82, 2.24) is 4.98 Å². The molecule has 2 heterocycles. The topological polar surface area (TPSA) is 101 Å². The first kappa shape index (κ1) is 24.1. The van der Waals surface area contributed by atoms with E-state index in [1.165, 1.54) is 32.5 Å². The van der Waals surface area contributed by atoms with E-state index in [0.29, 0.717) is 11.5 Å². The van der Waals surface area contributed by atoms with Gasteiger partial charge in [0, 0.05) is 26.5 Å². The maximum Gasteiger partial charge on any atom is 0.303 e. The number of aryl methyl sites for hydroxylation is 2. The molecule has 0 unspecified atom stereocenters. The average Bonchev–Trinajstić information content (AvgIpc) is 3.03. The van der Waals surface area contributed by atoms with E-state index in [0.717, 1.165) is 21.1 Å². The van der Waals surface area contributed by atoms with Crippen molar-refractivity contribution in [3.05, 3.63) is 35.0 Å². The Labute approximate surface area is 194 Å². The zero-order valence-corrected chi connectivity index (χ0v) is 20.1. The Hall–Kier alpha value is -2.59. The van der Waals surface area contributed by atoms with Crippen LogP contribution in [0, 0.1) is 13.8 Å². The van der Waals surface area contributed by atoms with Gasteiger partial charge in [0.1, 0.15) is 5.75 Å². The van der Waals surface area contributed by atoms with E-state index in [2.05, 4.69) is 4.98 Å². The van der Waals surface area contributed by atoms with E-state index in [1.54, 1.807) is 17.4 Å². The summed E-state index contributed by atoms with van der Waals surface area (Å²) in [6, 6.07) is 7.54. The average molecular weight is 480 g/mol. The quantitative estimate of drug-likeness (QED) is 0.454. The van der Waals surface area contributed by atoms with E-state index >= 15 is 0 Å². The Morgan fingerprint density at radius 2 is 1.62 bits per heavy atom. The van der Waals surface area contributed by atoms with Gasteiger partial charge in [-0.3, -0.25) is 14.4 Å². The van der Waals surface area contributed by atoms with Gasteiger partial charge in [0.2, 0.25) is 0 Å². The molecule has 1 saturated heterocycles. The highest BCUT2D eigenvalue weighted by atomic mass is 32.2. The van der Waals surface area contributed by atoms with Crippen LogP contribution in [-0.4, -0.2) is 52.4 Å². The van der Waals surface area contributed by atoms with Gasteiger partial charge >= 0.3 is 17.9 Å². The van der Waals surface area contributed by atoms with Gasteiger partial charge in [-0.05, 0) is 31.5 Å². The number of carbonyl (C=O) groups excluding carboxylic acids is 3. The summed E-state index contributed by atoms with van der Waals surface area (Å²) in [5, 5.41) is 0.974. The standard InChI is InChI=1S/C22H25NO7S2/c1-11-21(32-12(2)23-11)16-7-6-8-17(9-16)30-22-20(29-15(5)26)19(28-14(4)25)18(10-31-22)27-13(3)24/h6-9,18-20,22H,10H2,1-5H3/t18-,19+,20-,22-/m1/s1. The molecule has 172 valence electrons. The van der Waals surface area contributed by atoms with E-state index in [1.807, 2.05) is 32.0 Å². The number of benzene rings is 1. The summed E-state index contributed by atoms with van der Waals surface area (Å²) in [6.45, 7) is 7.69. The van der Waals surface area contributed by atoms with Crippen molar-refractivity contribution in [2.45, 2.75) is 58.4 Å². The molecule has 0 bridgehead atoms. The third-order valence-corrected chi connectivity index (χ3v) is 6.89. The Morgan fingerprint density at radius 1 is 0.969 bits per heavy atom. The van der Waals surface area contributed by atoms with Gasteiger partial charge in [0.25, 0.3) is 0 Å². The number of thioether (sulfide) groups is 1. The number of aromatic nitrogens is 1. The smallest absolute Gasteiger partial charge is 0.303 e. The molecule has 1 aromatic heterocycles. The summed E-state index contributed by atoms with van der Waals surface area (Å²) in [5.41, 5.74) is 1.23. The highest BCUT2D eigenvalue weighted by Crippen LogP contribution is 2.36. The molecular weight excluding hydrogens is 454 g/mol. The molecule has 0 amide bonds. The highest BCUT2D eigenvalue weighted by Gasteiger charge is 2.47. The first-order valence-corrected chi connectivity index (χ1v) is 11.8. The van der Waals surface area contributed by atoms with Gasteiger partial charge in [0.15, 0.2) is 23.7 Å². The second-order valence-electron chi connectivity index (χ2n) is 7.29. The molecular formula is C22H25NO7S2. The maximum absolute atomic E-state index is 11.8. The molecule has 4 atom stereocenters. The van der Waals surface area contributed by atoms with Crippen LogP contribution in [0.1, 0.15) is 31.5 Å². The fourth-order valence-corrected chi connectivity index (χ4v) is 5.59. The monoisotopic (exact) mass is 479 g/mol. The molecule has 1 aromatic carbocycles. The second-order valence-corrected chi connectivity index (χ2v) is 9.63. The first-order valence-electron chi connectivity index (χ1n) is 9.98. The van der Waals surface area contributed by atoms with Gasteiger partial charge < -0.3 is 18.9 Å². The SMILES string of the molecule is CC(=O)O[C@@H]1[C@@H](OC(C)=O)[C@H](OC(C)=O)CS[C@H]1Oc1cccc(-c2sc(C)nc2C)c1. The van der Waals surface area contributed by atoms with Crippen molar-refractivity contribution in [3.63, 3.8) is 0 Å². The third-order valence-electron chi connectivity index (χ3n) is 4.56.